The smallest absolute Gasteiger partial charge is 0.360 e. The molecule has 0 saturated heterocycles. The fraction of sp³-hybridized carbons (Fsp3) is 0.154. The molecule has 7 nitrogen and oxygen atoms in total. The molecule has 0 fully saturated rings. The van der Waals surface area contributed by atoms with Crippen LogP contribution in [0, 0.1) is 0 Å². The first-order valence-electron chi connectivity index (χ1n) is 6.00. The van der Waals surface area contributed by atoms with Crippen molar-refractivity contribution in [3.63, 3.8) is 0 Å². The van der Waals surface area contributed by atoms with Gasteiger partial charge in [-0.05, 0) is 11.6 Å². The van der Waals surface area contributed by atoms with Gasteiger partial charge in [0.05, 0.1) is 13.5 Å². The number of carbonyl (C=O) groups excluding carboxylic acids is 2. The molecule has 1 amide bonds. The van der Waals surface area contributed by atoms with Crippen LogP contribution in [0.5, 0.6) is 0 Å². The van der Waals surface area contributed by atoms with E-state index < -0.39 is 11.9 Å². The van der Waals surface area contributed by atoms with Gasteiger partial charge in [-0.15, -0.1) is 0 Å². The summed E-state index contributed by atoms with van der Waals surface area (Å²) in [5, 5.41) is 3.04. The second-order valence-electron chi connectivity index (χ2n) is 4.07. The van der Waals surface area contributed by atoms with E-state index in [0.717, 1.165) is 0 Å². The Balaban J connectivity index is 2.14. The van der Waals surface area contributed by atoms with Gasteiger partial charge in [0.2, 0.25) is 5.91 Å². The highest BCUT2D eigenvalue weighted by atomic mass is 35.5. The van der Waals surface area contributed by atoms with E-state index >= 15 is 0 Å². The Morgan fingerprint density at radius 2 is 1.95 bits per heavy atom. The average molecular weight is 341 g/mol. The van der Waals surface area contributed by atoms with Crippen LogP contribution in [0.2, 0.25) is 10.2 Å². The molecule has 0 unspecified atom stereocenters. The minimum absolute atomic E-state index is 0.0115. The van der Waals surface area contributed by atoms with Gasteiger partial charge in [-0.3, -0.25) is 4.79 Å². The van der Waals surface area contributed by atoms with Crippen molar-refractivity contribution in [2.24, 2.45) is 0 Å². The number of nitrogens with one attached hydrogen (secondary N) is 1. The SMILES string of the molecule is COC(=O)c1nccnc1NC(=O)Cc1cnc(Cl)cc1Cl. The zero-order chi connectivity index (χ0) is 16.1. The molecule has 2 aromatic heterocycles. The Morgan fingerprint density at radius 3 is 2.64 bits per heavy atom. The zero-order valence-corrected chi connectivity index (χ0v) is 12.9. The van der Waals surface area contributed by atoms with Crippen molar-refractivity contribution in [1.29, 1.82) is 0 Å². The van der Waals surface area contributed by atoms with Gasteiger partial charge in [-0.25, -0.2) is 19.7 Å². The molecule has 2 rings (SSSR count). The molecule has 114 valence electrons. The van der Waals surface area contributed by atoms with E-state index in [4.69, 9.17) is 23.2 Å². The summed E-state index contributed by atoms with van der Waals surface area (Å²) in [5.41, 5.74) is 0.408. The number of carbonyl (C=O) groups is 2. The van der Waals surface area contributed by atoms with Crippen LogP contribution in [0.3, 0.4) is 0 Å². The van der Waals surface area contributed by atoms with E-state index in [0.29, 0.717) is 10.6 Å². The van der Waals surface area contributed by atoms with E-state index in [9.17, 15) is 9.59 Å². The van der Waals surface area contributed by atoms with Crippen molar-refractivity contribution in [2.45, 2.75) is 6.42 Å². The molecule has 2 aromatic rings. The predicted octanol–water partition coefficient (Wildman–Crippen LogP) is 2.15. The molecule has 0 bridgehead atoms. The molecular weight excluding hydrogens is 331 g/mol. The Morgan fingerprint density at radius 1 is 1.23 bits per heavy atom. The molecule has 22 heavy (non-hydrogen) atoms. The van der Waals surface area contributed by atoms with Gasteiger partial charge in [0.25, 0.3) is 0 Å². The van der Waals surface area contributed by atoms with E-state index in [1.807, 2.05) is 0 Å². The number of aromatic nitrogens is 3. The fourth-order valence-electron chi connectivity index (χ4n) is 1.59. The number of anilines is 1. The summed E-state index contributed by atoms with van der Waals surface area (Å²) in [6.45, 7) is 0. The highest BCUT2D eigenvalue weighted by Gasteiger charge is 2.17. The number of methoxy groups -OCH3 is 1. The molecule has 0 aromatic carbocycles. The molecule has 0 aliphatic rings. The number of pyridine rings is 1. The largest absolute Gasteiger partial charge is 0.464 e. The first kappa shape index (κ1) is 16.1. The molecule has 9 heteroatoms. The number of hydrogen-bond acceptors (Lipinski definition) is 6. The summed E-state index contributed by atoms with van der Waals surface area (Å²) >= 11 is 11.7. The monoisotopic (exact) mass is 340 g/mol. The summed E-state index contributed by atoms with van der Waals surface area (Å²) in [6, 6.07) is 1.44. The number of hydrogen-bond donors (Lipinski definition) is 1. The Kier molecular flexibility index (Phi) is 5.24. The predicted molar refractivity (Wildman–Crippen MR) is 80.0 cm³/mol. The van der Waals surface area contributed by atoms with Gasteiger partial charge in [0, 0.05) is 23.6 Å². The third-order valence-electron chi connectivity index (χ3n) is 2.58. The maximum Gasteiger partial charge on any atom is 0.360 e. The highest BCUT2D eigenvalue weighted by molar-refractivity contribution is 6.34. The standard InChI is InChI=1S/C13H10Cl2N4O3/c1-22-13(21)11-12(17-3-2-16-11)19-10(20)4-7-6-18-9(15)5-8(7)14/h2-3,5-6H,4H2,1H3,(H,17,19,20). The Labute approximate surface area is 135 Å². The van der Waals surface area contributed by atoms with Gasteiger partial charge < -0.3 is 10.1 Å². The average Bonchev–Trinajstić information content (AvgIpc) is 2.50. The minimum atomic E-state index is -0.699. The lowest BCUT2D eigenvalue weighted by molar-refractivity contribution is -0.115. The van der Waals surface area contributed by atoms with Crippen molar-refractivity contribution in [3.8, 4) is 0 Å². The third-order valence-corrected chi connectivity index (χ3v) is 3.14. The Hall–Kier alpha value is -2.25. The van der Waals surface area contributed by atoms with Crippen LogP contribution in [0.15, 0.2) is 24.7 Å². The summed E-state index contributed by atoms with van der Waals surface area (Å²) in [7, 11) is 1.21. The van der Waals surface area contributed by atoms with Crippen molar-refractivity contribution >= 4 is 40.9 Å². The van der Waals surface area contributed by atoms with E-state index in [2.05, 4.69) is 25.0 Å². The van der Waals surface area contributed by atoms with Gasteiger partial charge in [0.15, 0.2) is 11.5 Å². The number of rotatable bonds is 4. The second kappa shape index (κ2) is 7.15. The van der Waals surface area contributed by atoms with Gasteiger partial charge in [-0.1, -0.05) is 23.2 Å². The van der Waals surface area contributed by atoms with Crippen molar-refractivity contribution < 1.29 is 14.3 Å². The minimum Gasteiger partial charge on any atom is -0.464 e. The quantitative estimate of drug-likeness (QED) is 0.676. The summed E-state index contributed by atoms with van der Waals surface area (Å²) in [4.78, 5) is 35.2. The van der Waals surface area contributed by atoms with Gasteiger partial charge in [-0.2, -0.15) is 0 Å². The lowest BCUT2D eigenvalue weighted by Gasteiger charge is -2.08. The summed E-state index contributed by atoms with van der Waals surface area (Å²) in [5.74, 6) is -1.12. The number of nitrogens with zero attached hydrogens (tertiary/aromatic N) is 3. The first-order valence-corrected chi connectivity index (χ1v) is 6.76. The number of halogens is 2. The van der Waals surface area contributed by atoms with Crippen LogP contribution in [0.4, 0.5) is 5.82 Å². The van der Waals surface area contributed by atoms with Crippen LogP contribution in [0.1, 0.15) is 16.1 Å². The van der Waals surface area contributed by atoms with Crippen LogP contribution >= 0.6 is 23.2 Å². The molecule has 0 aliphatic heterocycles. The van der Waals surface area contributed by atoms with E-state index in [1.165, 1.54) is 31.8 Å². The summed E-state index contributed by atoms with van der Waals surface area (Å²) < 4.78 is 4.57. The second-order valence-corrected chi connectivity index (χ2v) is 4.86. The molecule has 0 radical (unpaired) electrons. The Bertz CT molecular complexity index is 724. The molecule has 0 atom stereocenters. The van der Waals surface area contributed by atoms with Crippen LogP contribution in [-0.2, 0) is 16.0 Å². The van der Waals surface area contributed by atoms with Crippen LogP contribution in [-0.4, -0.2) is 33.9 Å². The van der Waals surface area contributed by atoms with Crippen molar-refractivity contribution in [1.82, 2.24) is 15.0 Å². The maximum absolute atomic E-state index is 12.0. The molecule has 0 spiro atoms. The van der Waals surface area contributed by atoms with E-state index in [-0.39, 0.29) is 23.1 Å². The normalized spacial score (nSPS) is 10.1. The molecule has 1 N–H and O–H groups in total. The topological polar surface area (TPSA) is 94.1 Å². The number of ether oxygens (including phenoxy) is 1. The fourth-order valence-corrected chi connectivity index (χ4v) is 2.02. The molecular formula is C13H10Cl2N4O3. The molecule has 0 saturated carbocycles. The van der Waals surface area contributed by atoms with Crippen LogP contribution < -0.4 is 5.32 Å². The van der Waals surface area contributed by atoms with Gasteiger partial charge in [0.1, 0.15) is 5.15 Å². The van der Waals surface area contributed by atoms with Crippen molar-refractivity contribution in [3.05, 3.63) is 46.1 Å². The summed E-state index contributed by atoms with van der Waals surface area (Å²) in [6.07, 6.45) is 4.02. The zero-order valence-electron chi connectivity index (χ0n) is 11.3. The van der Waals surface area contributed by atoms with E-state index in [1.54, 1.807) is 0 Å². The lowest BCUT2D eigenvalue weighted by atomic mass is 10.2. The van der Waals surface area contributed by atoms with Crippen molar-refractivity contribution in [2.75, 3.05) is 12.4 Å². The highest BCUT2D eigenvalue weighted by Crippen LogP contribution is 2.19. The first-order chi connectivity index (χ1) is 10.5. The number of esters is 1. The van der Waals surface area contributed by atoms with Gasteiger partial charge >= 0.3 is 5.97 Å². The molecule has 2 heterocycles. The molecule has 0 aliphatic carbocycles. The lowest BCUT2D eigenvalue weighted by Crippen LogP contribution is -2.19. The number of amides is 1. The third kappa shape index (κ3) is 3.90. The maximum atomic E-state index is 12.0. The van der Waals surface area contributed by atoms with Crippen LogP contribution in [0.25, 0.3) is 0 Å².